The van der Waals surface area contributed by atoms with E-state index in [2.05, 4.69) is 5.32 Å². The first-order valence-corrected chi connectivity index (χ1v) is 7.83. The number of sulfone groups is 1. The normalized spacial score (nSPS) is 11.1. The predicted molar refractivity (Wildman–Crippen MR) is 78.3 cm³/mol. The van der Waals surface area contributed by atoms with Gasteiger partial charge in [0.15, 0.2) is 9.84 Å². The van der Waals surface area contributed by atoms with E-state index in [1.807, 2.05) is 0 Å². The van der Waals surface area contributed by atoms with E-state index >= 15 is 0 Å². The molecule has 0 spiro atoms. The van der Waals surface area contributed by atoms with Gasteiger partial charge in [0.2, 0.25) is 0 Å². The molecule has 7 heteroatoms. The first-order chi connectivity index (χ1) is 9.77. The highest BCUT2D eigenvalue weighted by molar-refractivity contribution is 7.90. The van der Waals surface area contributed by atoms with Crippen LogP contribution in [0, 0.1) is 5.82 Å². The Bertz CT molecular complexity index is 786. The maximum Gasteiger partial charge on any atom is 0.258 e. The molecule has 0 atom stereocenters. The van der Waals surface area contributed by atoms with Crippen LogP contribution in [0.5, 0.6) is 0 Å². The molecular formula is C14H13FN2O3S. The predicted octanol–water partition coefficient (Wildman–Crippen LogP) is 2.06. The van der Waals surface area contributed by atoms with Crippen LogP contribution in [0.4, 0.5) is 15.8 Å². The number of rotatable bonds is 3. The summed E-state index contributed by atoms with van der Waals surface area (Å²) in [5.74, 6) is -1.36. The first kappa shape index (κ1) is 15.0. The summed E-state index contributed by atoms with van der Waals surface area (Å²) in [7, 11) is -3.30. The summed E-state index contributed by atoms with van der Waals surface area (Å²) in [4.78, 5) is 12.1. The maximum atomic E-state index is 13.6. The van der Waals surface area contributed by atoms with Gasteiger partial charge in [-0.05, 0) is 42.5 Å². The molecule has 0 unspecified atom stereocenters. The number of nitrogens with two attached hydrogens (primary N) is 1. The minimum atomic E-state index is -3.30. The smallest absolute Gasteiger partial charge is 0.258 e. The lowest BCUT2D eigenvalue weighted by molar-refractivity contribution is 0.102. The highest BCUT2D eigenvalue weighted by atomic mass is 32.2. The fourth-order valence-electron chi connectivity index (χ4n) is 1.70. The van der Waals surface area contributed by atoms with Crippen LogP contribution in [-0.2, 0) is 9.84 Å². The van der Waals surface area contributed by atoms with Crippen molar-refractivity contribution in [1.82, 2.24) is 0 Å². The van der Waals surface area contributed by atoms with Crippen molar-refractivity contribution in [2.24, 2.45) is 0 Å². The zero-order valence-corrected chi connectivity index (χ0v) is 11.9. The third-order valence-electron chi connectivity index (χ3n) is 2.78. The highest BCUT2D eigenvalue weighted by Gasteiger charge is 2.12. The van der Waals surface area contributed by atoms with E-state index in [1.54, 1.807) is 0 Å². The first-order valence-electron chi connectivity index (χ1n) is 5.94. The Morgan fingerprint density at radius 1 is 1.14 bits per heavy atom. The van der Waals surface area contributed by atoms with Crippen LogP contribution in [-0.4, -0.2) is 20.6 Å². The minimum absolute atomic E-state index is 0.138. The summed E-state index contributed by atoms with van der Waals surface area (Å²) in [5.41, 5.74) is 5.85. The summed E-state index contributed by atoms with van der Waals surface area (Å²) in [6, 6.07) is 9.36. The molecule has 0 bridgehead atoms. The summed E-state index contributed by atoms with van der Waals surface area (Å²) >= 11 is 0. The van der Waals surface area contributed by atoms with E-state index in [0.29, 0.717) is 5.69 Å². The lowest BCUT2D eigenvalue weighted by Gasteiger charge is -2.07. The monoisotopic (exact) mass is 308 g/mol. The van der Waals surface area contributed by atoms with E-state index in [4.69, 9.17) is 5.73 Å². The summed E-state index contributed by atoms with van der Waals surface area (Å²) in [5, 5.41) is 2.48. The summed E-state index contributed by atoms with van der Waals surface area (Å²) < 4.78 is 36.2. The molecular weight excluding hydrogens is 295 g/mol. The lowest BCUT2D eigenvalue weighted by atomic mass is 10.1. The van der Waals surface area contributed by atoms with Gasteiger partial charge in [0.25, 0.3) is 5.91 Å². The van der Waals surface area contributed by atoms with Crippen LogP contribution in [0.2, 0.25) is 0 Å². The van der Waals surface area contributed by atoms with Gasteiger partial charge >= 0.3 is 0 Å². The number of hydrogen-bond acceptors (Lipinski definition) is 4. The number of benzene rings is 2. The van der Waals surface area contributed by atoms with Gasteiger partial charge in [-0.3, -0.25) is 4.79 Å². The molecule has 2 aromatic carbocycles. The number of carbonyl (C=O) groups excluding carboxylic acids is 1. The van der Waals surface area contributed by atoms with E-state index in [0.717, 1.165) is 12.3 Å². The molecule has 0 aliphatic rings. The van der Waals surface area contributed by atoms with Crippen molar-refractivity contribution < 1.29 is 17.6 Å². The van der Waals surface area contributed by atoms with Gasteiger partial charge in [-0.15, -0.1) is 0 Å². The summed E-state index contributed by atoms with van der Waals surface area (Å²) in [6.07, 6.45) is 1.09. The standard InChI is InChI=1S/C14H13FN2O3S/c1-21(19,20)11-5-3-10(4-6-11)17-14(18)12-7-2-9(16)8-13(12)15/h2-8H,16H2,1H3,(H,17,18). The van der Waals surface area contributed by atoms with E-state index in [-0.39, 0.29) is 16.1 Å². The van der Waals surface area contributed by atoms with Gasteiger partial charge in [0.1, 0.15) is 5.82 Å². The Morgan fingerprint density at radius 3 is 2.29 bits per heavy atom. The van der Waals surface area contributed by atoms with Gasteiger partial charge in [-0.25, -0.2) is 12.8 Å². The molecule has 21 heavy (non-hydrogen) atoms. The van der Waals surface area contributed by atoms with Crippen LogP contribution in [0.1, 0.15) is 10.4 Å². The molecule has 0 heterocycles. The van der Waals surface area contributed by atoms with Crippen molar-refractivity contribution in [2.75, 3.05) is 17.3 Å². The van der Waals surface area contributed by atoms with Crippen LogP contribution in [0.15, 0.2) is 47.4 Å². The number of carbonyl (C=O) groups is 1. The number of nitrogens with one attached hydrogen (secondary N) is 1. The van der Waals surface area contributed by atoms with E-state index in [1.165, 1.54) is 36.4 Å². The zero-order chi connectivity index (χ0) is 15.6. The van der Waals surface area contributed by atoms with Gasteiger partial charge < -0.3 is 11.1 Å². The summed E-state index contributed by atoms with van der Waals surface area (Å²) in [6.45, 7) is 0. The number of halogens is 1. The molecule has 0 aliphatic heterocycles. The molecule has 0 aliphatic carbocycles. The fourth-order valence-corrected chi connectivity index (χ4v) is 2.33. The van der Waals surface area contributed by atoms with Crippen LogP contribution in [0.3, 0.4) is 0 Å². The second-order valence-electron chi connectivity index (χ2n) is 4.49. The van der Waals surface area contributed by atoms with Crippen molar-refractivity contribution in [3.63, 3.8) is 0 Å². The lowest BCUT2D eigenvalue weighted by Crippen LogP contribution is -2.14. The van der Waals surface area contributed by atoms with Crippen molar-refractivity contribution >= 4 is 27.1 Å². The maximum absolute atomic E-state index is 13.6. The van der Waals surface area contributed by atoms with Crippen molar-refractivity contribution in [1.29, 1.82) is 0 Å². The number of hydrogen-bond donors (Lipinski definition) is 2. The molecule has 0 radical (unpaired) electrons. The van der Waals surface area contributed by atoms with Gasteiger partial charge in [0, 0.05) is 17.6 Å². The van der Waals surface area contributed by atoms with E-state index in [9.17, 15) is 17.6 Å². The highest BCUT2D eigenvalue weighted by Crippen LogP contribution is 2.17. The zero-order valence-electron chi connectivity index (χ0n) is 11.1. The molecule has 0 saturated carbocycles. The van der Waals surface area contributed by atoms with Gasteiger partial charge in [-0.1, -0.05) is 0 Å². The Hall–Kier alpha value is -2.41. The molecule has 5 nitrogen and oxygen atoms in total. The van der Waals surface area contributed by atoms with Crippen LogP contribution in [0.25, 0.3) is 0 Å². The Labute approximate surface area is 121 Å². The van der Waals surface area contributed by atoms with Gasteiger partial charge in [0.05, 0.1) is 10.5 Å². The SMILES string of the molecule is CS(=O)(=O)c1ccc(NC(=O)c2ccc(N)cc2F)cc1. The largest absolute Gasteiger partial charge is 0.399 e. The third-order valence-corrected chi connectivity index (χ3v) is 3.91. The Balaban J connectivity index is 2.20. The number of amides is 1. The van der Waals surface area contributed by atoms with Crippen LogP contribution >= 0.6 is 0 Å². The molecule has 0 fully saturated rings. The number of anilines is 2. The van der Waals surface area contributed by atoms with Gasteiger partial charge in [-0.2, -0.15) is 0 Å². The third kappa shape index (κ3) is 3.57. The molecule has 110 valence electrons. The molecule has 0 saturated heterocycles. The molecule has 1 amide bonds. The molecule has 2 rings (SSSR count). The average Bonchev–Trinajstić information content (AvgIpc) is 2.38. The molecule has 0 aromatic heterocycles. The van der Waals surface area contributed by atoms with Crippen molar-refractivity contribution in [2.45, 2.75) is 4.90 Å². The van der Waals surface area contributed by atoms with Crippen molar-refractivity contribution in [3.05, 3.63) is 53.8 Å². The second kappa shape index (κ2) is 5.53. The molecule has 3 N–H and O–H groups in total. The topological polar surface area (TPSA) is 89.3 Å². The van der Waals surface area contributed by atoms with E-state index < -0.39 is 21.6 Å². The fraction of sp³-hybridized carbons (Fsp3) is 0.0714. The quantitative estimate of drug-likeness (QED) is 0.849. The van der Waals surface area contributed by atoms with Crippen molar-refractivity contribution in [3.8, 4) is 0 Å². The second-order valence-corrected chi connectivity index (χ2v) is 6.51. The Morgan fingerprint density at radius 2 is 1.76 bits per heavy atom. The average molecular weight is 308 g/mol. The number of nitrogen functional groups attached to an aromatic ring is 1. The Kier molecular flexibility index (Phi) is 3.95. The van der Waals surface area contributed by atoms with Crippen LogP contribution < -0.4 is 11.1 Å². The minimum Gasteiger partial charge on any atom is -0.399 e. The molecule has 2 aromatic rings.